The lowest BCUT2D eigenvalue weighted by Crippen LogP contribution is -2.31. The summed E-state index contributed by atoms with van der Waals surface area (Å²) in [6, 6.07) is 2.88. The van der Waals surface area contributed by atoms with Gasteiger partial charge in [-0.1, -0.05) is 29.9 Å². The predicted molar refractivity (Wildman–Crippen MR) is 152 cm³/mol. The molecule has 0 saturated heterocycles. The SMILES string of the molecule is CC1CC(OS(=O)(=O)C(Cc2cnc(OCCO)c(Cl)c2)c2ccsc2[N+](=O)[O-])=CC=C1N(CCCl)CCCl. The first-order valence-electron chi connectivity index (χ1n) is 11.9. The summed E-state index contributed by atoms with van der Waals surface area (Å²) in [5.41, 5.74) is 1.38. The Labute approximate surface area is 246 Å². The molecule has 2 unspecified atom stereocenters. The molecule has 1 aliphatic rings. The van der Waals surface area contributed by atoms with E-state index in [0.29, 0.717) is 36.8 Å². The Bertz CT molecular complexity index is 1310. The van der Waals surface area contributed by atoms with E-state index in [1.54, 1.807) is 12.2 Å². The quantitative estimate of drug-likeness (QED) is 0.119. The summed E-state index contributed by atoms with van der Waals surface area (Å²) in [7, 11) is -4.40. The Morgan fingerprint density at radius 1 is 1.31 bits per heavy atom. The molecule has 0 amide bonds. The fourth-order valence-electron chi connectivity index (χ4n) is 4.19. The van der Waals surface area contributed by atoms with Gasteiger partial charge >= 0.3 is 15.1 Å². The van der Waals surface area contributed by atoms with Crippen molar-refractivity contribution >= 4 is 61.3 Å². The summed E-state index contributed by atoms with van der Waals surface area (Å²) < 4.78 is 38.1. The highest BCUT2D eigenvalue weighted by atomic mass is 35.5. The molecule has 2 atom stereocenters. The van der Waals surface area contributed by atoms with E-state index >= 15 is 0 Å². The third-order valence-corrected chi connectivity index (χ3v) is 8.95. The van der Waals surface area contributed by atoms with Crippen LogP contribution in [-0.2, 0) is 20.7 Å². The van der Waals surface area contributed by atoms with E-state index in [4.69, 9.17) is 48.8 Å². The Morgan fingerprint density at radius 3 is 2.62 bits per heavy atom. The zero-order valence-electron chi connectivity index (χ0n) is 21.0. The van der Waals surface area contributed by atoms with E-state index in [0.717, 1.165) is 17.0 Å². The minimum atomic E-state index is -4.40. The lowest BCUT2D eigenvalue weighted by atomic mass is 9.96. The van der Waals surface area contributed by atoms with Gasteiger partial charge in [-0.25, -0.2) is 4.98 Å². The van der Waals surface area contributed by atoms with Crippen molar-refractivity contribution in [1.82, 2.24) is 9.88 Å². The summed E-state index contributed by atoms with van der Waals surface area (Å²) in [5.74, 6) is 1.05. The number of hydrogen-bond acceptors (Lipinski definition) is 10. The predicted octanol–water partition coefficient (Wildman–Crippen LogP) is 5.29. The first-order valence-corrected chi connectivity index (χ1v) is 15.7. The molecule has 0 aliphatic heterocycles. The smallest absolute Gasteiger partial charge is 0.328 e. The molecule has 1 aliphatic carbocycles. The highest BCUT2D eigenvalue weighted by molar-refractivity contribution is 7.87. The van der Waals surface area contributed by atoms with Crippen molar-refractivity contribution in [3.63, 3.8) is 0 Å². The van der Waals surface area contributed by atoms with Gasteiger partial charge in [-0.15, -0.1) is 23.2 Å². The zero-order chi connectivity index (χ0) is 28.6. The van der Waals surface area contributed by atoms with Crippen LogP contribution >= 0.6 is 46.1 Å². The maximum Gasteiger partial charge on any atom is 0.328 e. The number of nitro groups is 1. The Balaban J connectivity index is 1.93. The fourth-order valence-corrected chi connectivity index (χ4v) is 7.13. The van der Waals surface area contributed by atoms with Crippen LogP contribution < -0.4 is 4.74 Å². The molecule has 39 heavy (non-hydrogen) atoms. The van der Waals surface area contributed by atoms with Crippen LogP contribution in [0.1, 0.15) is 29.7 Å². The van der Waals surface area contributed by atoms with Crippen LogP contribution in [0.25, 0.3) is 0 Å². The average Bonchev–Trinajstić information content (AvgIpc) is 3.36. The molecule has 0 spiro atoms. The maximum atomic E-state index is 13.6. The second-order valence-corrected chi connectivity index (χ2v) is 12.4. The Morgan fingerprint density at radius 2 is 2.03 bits per heavy atom. The second-order valence-electron chi connectivity index (χ2n) is 8.60. The molecule has 2 heterocycles. The van der Waals surface area contributed by atoms with Crippen LogP contribution in [0, 0.1) is 16.0 Å². The number of aromatic nitrogens is 1. The van der Waals surface area contributed by atoms with E-state index in [1.165, 1.54) is 23.7 Å². The highest BCUT2D eigenvalue weighted by Gasteiger charge is 2.37. The van der Waals surface area contributed by atoms with Crippen molar-refractivity contribution in [2.45, 2.75) is 25.0 Å². The monoisotopic (exact) mass is 639 g/mol. The van der Waals surface area contributed by atoms with E-state index in [1.807, 2.05) is 6.92 Å². The molecular formula is C24H28Cl3N3O7S2. The molecule has 10 nitrogen and oxygen atoms in total. The van der Waals surface area contributed by atoms with Crippen molar-refractivity contribution in [2.24, 2.45) is 5.92 Å². The molecule has 2 aromatic heterocycles. The minimum absolute atomic E-state index is 0.0119. The van der Waals surface area contributed by atoms with Gasteiger partial charge in [0.2, 0.25) is 5.88 Å². The van der Waals surface area contributed by atoms with Gasteiger partial charge in [-0.3, -0.25) is 10.1 Å². The summed E-state index contributed by atoms with van der Waals surface area (Å²) >= 11 is 18.9. The number of ether oxygens (including phenoxy) is 1. The van der Waals surface area contributed by atoms with E-state index in [-0.39, 0.29) is 52.8 Å². The topological polar surface area (TPSA) is 132 Å². The molecule has 214 valence electrons. The lowest BCUT2D eigenvalue weighted by Gasteiger charge is -2.32. The molecule has 0 saturated carbocycles. The molecule has 15 heteroatoms. The number of aliphatic hydroxyl groups is 1. The average molecular weight is 641 g/mol. The van der Waals surface area contributed by atoms with Crippen LogP contribution in [0.5, 0.6) is 5.88 Å². The first kappa shape index (κ1) is 31.4. The van der Waals surface area contributed by atoms with Crippen molar-refractivity contribution in [3.8, 4) is 5.88 Å². The van der Waals surface area contributed by atoms with Crippen molar-refractivity contribution in [1.29, 1.82) is 0 Å². The summed E-state index contributed by atoms with van der Waals surface area (Å²) in [6.45, 7) is 2.88. The van der Waals surface area contributed by atoms with Crippen LogP contribution in [0.2, 0.25) is 5.02 Å². The normalized spacial score (nSPS) is 16.3. The van der Waals surface area contributed by atoms with Crippen molar-refractivity contribution < 1.29 is 27.4 Å². The summed E-state index contributed by atoms with van der Waals surface area (Å²) in [4.78, 5) is 17.2. The van der Waals surface area contributed by atoms with Crippen molar-refractivity contribution in [3.05, 3.63) is 73.6 Å². The second kappa shape index (κ2) is 14.5. The molecule has 1 N–H and O–H groups in total. The summed E-state index contributed by atoms with van der Waals surface area (Å²) in [6.07, 6.45) is 4.87. The van der Waals surface area contributed by atoms with Gasteiger partial charge in [0.25, 0.3) is 0 Å². The molecule has 0 aromatic carbocycles. The van der Waals surface area contributed by atoms with Gasteiger partial charge < -0.3 is 18.9 Å². The van der Waals surface area contributed by atoms with E-state index < -0.39 is 20.3 Å². The van der Waals surface area contributed by atoms with Gasteiger partial charge in [-0.05, 0) is 41.6 Å². The van der Waals surface area contributed by atoms with Gasteiger partial charge in [-0.2, -0.15) is 8.42 Å². The molecule has 0 bridgehead atoms. The third-order valence-electron chi connectivity index (χ3n) is 5.90. The number of halogens is 3. The number of aliphatic hydroxyl groups excluding tert-OH is 1. The van der Waals surface area contributed by atoms with Gasteiger partial charge in [0.15, 0.2) is 0 Å². The molecule has 0 fully saturated rings. The van der Waals surface area contributed by atoms with Gasteiger partial charge in [0.05, 0.1) is 17.1 Å². The van der Waals surface area contributed by atoms with Crippen LogP contribution in [0.4, 0.5) is 5.00 Å². The Hall–Kier alpha value is -2.09. The van der Waals surface area contributed by atoms with Crippen LogP contribution in [0.15, 0.2) is 47.3 Å². The van der Waals surface area contributed by atoms with Crippen LogP contribution in [-0.4, -0.2) is 66.4 Å². The Kier molecular flexibility index (Phi) is 11.7. The largest absolute Gasteiger partial charge is 0.474 e. The van der Waals surface area contributed by atoms with Crippen molar-refractivity contribution in [2.75, 3.05) is 38.1 Å². The number of thiophene rings is 1. The highest BCUT2D eigenvalue weighted by Crippen LogP contribution is 2.40. The molecule has 3 rings (SSSR count). The molecule has 0 radical (unpaired) electrons. The minimum Gasteiger partial charge on any atom is -0.474 e. The number of hydrogen-bond donors (Lipinski definition) is 1. The number of pyridine rings is 1. The molecular weight excluding hydrogens is 613 g/mol. The van der Waals surface area contributed by atoms with E-state index in [9.17, 15) is 18.5 Å². The van der Waals surface area contributed by atoms with Crippen LogP contribution in [0.3, 0.4) is 0 Å². The number of allylic oxidation sites excluding steroid dienone is 4. The maximum absolute atomic E-state index is 13.6. The molecule has 2 aromatic rings. The standard InChI is InChI=1S/C24H28Cl3N3O7S2/c1-16-12-18(2-3-21(16)29(7-5-25)8-6-26)37-39(34,35)22(19-4-11-38-24(19)30(32)33)14-17-13-20(27)23(28-15-17)36-10-9-31/h2-4,11,13,15-16,22,31H,5-10,12,14H2,1H3. The summed E-state index contributed by atoms with van der Waals surface area (Å²) in [5, 5.41) is 20.5. The number of rotatable bonds is 15. The number of alkyl halides is 2. The lowest BCUT2D eigenvalue weighted by molar-refractivity contribution is -0.380. The first-order chi connectivity index (χ1) is 18.6. The van der Waals surface area contributed by atoms with E-state index in [2.05, 4.69) is 9.88 Å². The van der Waals surface area contributed by atoms with Gasteiger partial charge in [0, 0.05) is 49.1 Å². The third kappa shape index (κ3) is 8.21. The van der Waals surface area contributed by atoms with Gasteiger partial charge in [0.1, 0.15) is 22.6 Å². The zero-order valence-corrected chi connectivity index (χ0v) is 24.9. The number of nitrogens with zero attached hydrogens (tertiary/aromatic N) is 3. The fraction of sp³-hybridized carbons (Fsp3) is 0.458.